The van der Waals surface area contributed by atoms with E-state index in [-0.39, 0.29) is 5.57 Å². The molecule has 4 rings (SSSR count). The van der Waals surface area contributed by atoms with Crippen LogP contribution in [0.4, 0.5) is 0 Å². The summed E-state index contributed by atoms with van der Waals surface area (Å²) < 4.78 is 5.00. The summed E-state index contributed by atoms with van der Waals surface area (Å²) >= 11 is 0. The number of carbonyl (C=O) groups is 2. The van der Waals surface area contributed by atoms with Crippen molar-refractivity contribution in [1.29, 1.82) is 0 Å². The molecule has 1 aliphatic rings. The van der Waals surface area contributed by atoms with E-state index in [1.54, 1.807) is 6.08 Å². The van der Waals surface area contributed by atoms with Crippen molar-refractivity contribution in [3.05, 3.63) is 118 Å². The van der Waals surface area contributed by atoms with Crippen LogP contribution >= 0.6 is 0 Å². The van der Waals surface area contributed by atoms with Gasteiger partial charge >= 0.3 is 11.9 Å². The lowest BCUT2D eigenvalue weighted by Gasteiger charge is -2.11. The molecule has 0 aliphatic carbocycles. The van der Waals surface area contributed by atoms with Crippen LogP contribution in [-0.2, 0) is 14.3 Å². The summed E-state index contributed by atoms with van der Waals surface area (Å²) in [5, 5.41) is 0. The lowest BCUT2D eigenvalue weighted by atomic mass is 9.89. The van der Waals surface area contributed by atoms with Gasteiger partial charge in [-0.2, -0.15) is 0 Å². The minimum Gasteiger partial charge on any atom is -0.386 e. The fourth-order valence-corrected chi connectivity index (χ4v) is 3.26. The van der Waals surface area contributed by atoms with Gasteiger partial charge in [0.25, 0.3) is 0 Å². The lowest BCUT2D eigenvalue weighted by Crippen LogP contribution is -2.02. The molecule has 3 aromatic rings. The summed E-state index contributed by atoms with van der Waals surface area (Å²) in [6.45, 7) is 2.00. The maximum absolute atomic E-state index is 12.7. The molecule has 1 saturated heterocycles. The highest BCUT2D eigenvalue weighted by atomic mass is 16.6. The number of aryl methyl sites for hydroxylation is 1. The Morgan fingerprint density at radius 3 is 1.79 bits per heavy atom. The summed E-state index contributed by atoms with van der Waals surface area (Å²) in [5.41, 5.74) is 4.92. The Bertz CT molecular complexity index is 1050. The molecule has 3 aromatic carbocycles. The number of ether oxygens (including phenoxy) is 1. The molecule has 0 radical (unpaired) electrons. The van der Waals surface area contributed by atoms with E-state index in [1.807, 2.05) is 91.9 Å². The number of esters is 2. The normalized spacial score (nSPS) is 15.0. The second-order valence-electron chi connectivity index (χ2n) is 6.63. The number of hydrogen-bond acceptors (Lipinski definition) is 3. The third-order valence-corrected chi connectivity index (χ3v) is 4.64. The predicted molar refractivity (Wildman–Crippen MR) is 109 cm³/mol. The Balaban J connectivity index is 1.98. The summed E-state index contributed by atoms with van der Waals surface area (Å²) in [6, 6.07) is 26.9. The van der Waals surface area contributed by atoms with Gasteiger partial charge in [-0.3, -0.25) is 0 Å². The first-order valence-electron chi connectivity index (χ1n) is 9.04. The fourth-order valence-electron chi connectivity index (χ4n) is 3.26. The van der Waals surface area contributed by atoms with Gasteiger partial charge in [-0.05, 0) is 29.7 Å². The van der Waals surface area contributed by atoms with Crippen molar-refractivity contribution in [2.45, 2.75) is 6.92 Å². The van der Waals surface area contributed by atoms with Gasteiger partial charge in [0, 0.05) is 5.57 Å². The second kappa shape index (κ2) is 7.49. The zero-order valence-electron chi connectivity index (χ0n) is 15.4. The van der Waals surface area contributed by atoms with Gasteiger partial charge in [0.2, 0.25) is 0 Å². The molecule has 0 aromatic heterocycles. The van der Waals surface area contributed by atoms with Crippen LogP contribution in [0.15, 0.2) is 96.1 Å². The smallest absolute Gasteiger partial charge is 0.347 e. The third-order valence-electron chi connectivity index (χ3n) is 4.64. The van der Waals surface area contributed by atoms with Gasteiger partial charge in [0.1, 0.15) is 0 Å². The average Bonchev–Trinajstić information content (AvgIpc) is 2.99. The van der Waals surface area contributed by atoms with E-state index in [0.717, 1.165) is 22.3 Å². The van der Waals surface area contributed by atoms with Gasteiger partial charge < -0.3 is 4.74 Å². The Morgan fingerprint density at radius 1 is 0.714 bits per heavy atom. The molecule has 0 unspecified atom stereocenters. The number of carbonyl (C=O) groups excluding carboxylic acids is 2. The monoisotopic (exact) mass is 366 g/mol. The molecule has 0 saturated carbocycles. The maximum atomic E-state index is 12.7. The quantitative estimate of drug-likeness (QED) is 0.374. The van der Waals surface area contributed by atoms with Crippen molar-refractivity contribution in [2.24, 2.45) is 0 Å². The molecule has 3 nitrogen and oxygen atoms in total. The van der Waals surface area contributed by atoms with Crippen molar-refractivity contribution in [2.75, 3.05) is 0 Å². The molecule has 0 N–H and O–H groups in total. The topological polar surface area (TPSA) is 43.4 Å². The summed E-state index contributed by atoms with van der Waals surface area (Å²) in [6.07, 6.45) is 1.72. The highest BCUT2D eigenvalue weighted by molar-refractivity contribution is 6.24. The van der Waals surface area contributed by atoms with Crippen LogP contribution in [0.5, 0.6) is 0 Å². The van der Waals surface area contributed by atoms with Gasteiger partial charge in [0.05, 0.1) is 11.1 Å². The first kappa shape index (κ1) is 17.7. The molecule has 28 heavy (non-hydrogen) atoms. The molecular weight excluding hydrogens is 348 g/mol. The van der Waals surface area contributed by atoms with E-state index in [2.05, 4.69) is 0 Å². The summed E-state index contributed by atoms with van der Waals surface area (Å²) in [5.74, 6) is -1.24. The predicted octanol–water partition coefficient (Wildman–Crippen LogP) is 4.96. The molecular formula is C25H18O3. The third kappa shape index (κ3) is 3.42. The van der Waals surface area contributed by atoms with Crippen LogP contribution in [0.25, 0.3) is 11.6 Å². The number of hydrogen-bond donors (Lipinski definition) is 0. The molecule has 136 valence electrons. The number of rotatable bonds is 3. The number of cyclic esters (lactones) is 2. The van der Waals surface area contributed by atoms with E-state index < -0.39 is 11.9 Å². The van der Waals surface area contributed by atoms with Crippen LogP contribution in [0.1, 0.15) is 22.3 Å². The average molecular weight is 366 g/mol. The minimum atomic E-state index is -0.620. The van der Waals surface area contributed by atoms with Crippen molar-refractivity contribution in [3.63, 3.8) is 0 Å². The second-order valence-corrected chi connectivity index (χ2v) is 6.63. The molecule has 1 aliphatic heterocycles. The molecule has 0 amide bonds. The first-order chi connectivity index (χ1) is 13.6. The Hall–Kier alpha value is -3.72. The molecule has 1 heterocycles. The SMILES string of the molecule is Cc1ccc(/C=C2/C(=O)OC(=O)C2=C(c2ccccc2)c2ccccc2)cc1. The van der Waals surface area contributed by atoms with E-state index in [9.17, 15) is 9.59 Å². The van der Waals surface area contributed by atoms with E-state index >= 15 is 0 Å². The highest BCUT2D eigenvalue weighted by Gasteiger charge is 2.36. The Morgan fingerprint density at radius 2 is 1.25 bits per heavy atom. The van der Waals surface area contributed by atoms with Crippen molar-refractivity contribution in [3.8, 4) is 0 Å². The largest absolute Gasteiger partial charge is 0.386 e. The molecule has 0 bridgehead atoms. The van der Waals surface area contributed by atoms with Crippen LogP contribution in [0.3, 0.4) is 0 Å². The Kier molecular flexibility index (Phi) is 4.73. The standard InChI is InChI=1S/C25H18O3/c1-17-12-14-18(15-13-17)16-21-23(25(27)28-24(21)26)22(19-8-4-2-5-9-19)20-10-6-3-7-11-20/h2-16H,1H3/b21-16+. The van der Waals surface area contributed by atoms with E-state index in [1.165, 1.54) is 0 Å². The summed E-state index contributed by atoms with van der Waals surface area (Å²) in [7, 11) is 0. The van der Waals surface area contributed by atoms with Crippen LogP contribution in [0.2, 0.25) is 0 Å². The van der Waals surface area contributed by atoms with Crippen LogP contribution in [0, 0.1) is 6.92 Å². The maximum Gasteiger partial charge on any atom is 0.347 e. The van der Waals surface area contributed by atoms with Crippen molar-refractivity contribution < 1.29 is 14.3 Å². The fraction of sp³-hybridized carbons (Fsp3) is 0.0400. The molecule has 3 heteroatoms. The van der Waals surface area contributed by atoms with E-state index in [0.29, 0.717) is 11.1 Å². The van der Waals surface area contributed by atoms with Gasteiger partial charge in [-0.1, -0.05) is 90.5 Å². The zero-order chi connectivity index (χ0) is 19.5. The van der Waals surface area contributed by atoms with E-state index in [4.69, 9.17) is 4.74 Å². The first-order valence-corrected chi connectivity index (χ1v) is 9.04. The minimum absolute atomic E-state index is 0.275. The molecule has 0 spiro atoms. The van der Waals surface area contributed by atoms with Gasteiger partial charge in [-0.25, -0.2) is 9.59 Å². The molecule has 0 atom stereocenters. The number of benzene rings is 3. The molecule has 1 fully saturated rings. The summed E-state index contributed by atoms with van der Waals surface area (Å²) in [4.78, 5) is 25.2. The lowest BCUT2D eigenvalue weighted by molar-refractivity contribution is -0.149. The zero-order valence-corrected chi connectivity index (χ0v) is 15.4. The highest BCUT2D eigenvalue weighted by Crippen LogP contribution is 2.35. The van der Waals surface area contributed by atoms with Gasteiger partial charge in [0.15, 0.2) is 0 Å². The van der Waals surface area contributed by atoms with Crippen molar-refractivity contribution in [1.82, 2.24) is 0 Å². The van der Waals surface area contributed by atoms with Crippen molar-refractivity contribution >= 4 is 23.6 Å². The van der Waals surface area contributed by atoms with Crippen LogP contribution in [-0.4, -0.2) is 11.9 Å². The van der Waals surface area contributed by atoms with Crippen LogP contribution < -0.4 is 0 Å². The Labute approximate surface area is 163 Å². The van der Waals surface area contributed by atoms with Gasteiger partial charge in [-0.15, -0.1) is 0 Å².